The first-order valence-corrected chi connectivity index (χ1v) is 13.6. The lowest BCUT2D eigenvalue weighted by Gasteiger charge is -2.17. The van der Waals surface area contributed by atoms with Gasteiger partial charge in [-0.2, -0.15) is 0 Å². The second-order valence-corrected chi connectivity index (χ2v) is 12.0. The molecule has 0 fully saturated rings. The zero-order valence-corrected chi connectivity index (χ0v) is 22.6. The Morgan fingerprint density at radius 3 is 2.34 bits per heavy atom. The average Bonchev–Trinajstić information content (AvgIpc) is 2.84. The summed E-state index contributed by atoms with van der Waals surface area (Å²) < 4.78 is 26.9. The van der Waals surface area contributed by atoms with Crippen LogP contribution in [0.15, 0.2) is 58.4 Å². The molecule has 12 heteroatoms. The highest BCUT2D eigenvalue weighted by Crippen LogP contribution is 2.27. The van der Waals surface area contributed by atoms with Crippen LogP contribution in [0.4, 0.5) is 11.5 Å². The Balaban J connectivity index is 1.99. The predicted molar refractivity (Wildman–Crippen MR) is 149 cm³/mol. The van der Waals surface area contributed by atoms with Crippen molar-refractivity contribution in [2.75, 3.05) is 11.1 Å². The number of carbonyl (C=O) groups is 1. The van der Waals surface area contributed by atoms with E-state index in [1.54, 1.807) is 38.1 Å². The molecule has 0 saturated heterocycles. The van der Waals surface area contributed by atoms with Gasteiger partial charge in [0.1, 0.15) is 12.4 Å². The fraction of sp³-hybridized carbons (Fsp3) is 0.308. The lowest BCUT2D eigenvalue weighted by Crippen LogP contribution is -2.35. The molecule has 1 aromatic heterocycles. The number of carbonyl (C=O) groups excluding carboxylic acids is 1. The molecule has 7 N–H and O–H groups in total. The molecular weight excluding hydrogens is 506 g/mol. The molecule has 0 aliphatic rings. The van der Waals surface area contributed by atoms with E-state index in [-0.39, 0.29) is 47.1 Å². The highest BCUT2D eigenvalue weighted by atomic mass is 32.2. The van der Waals surface area contributed by atoms with Crippen molar-refractivity contribution in [1.82, 2.24) is 14.9 Å². The van der Waals surface area contributed by atoms with Gasteiger partial charge in [0, 0.05) is 29.4 Å². The van der Waals surface area contributed by atoms with Crippen molar-refractivity contribution in [3.63, 3.8) is 0 Å². The molecule has 0 saturated carbocycles. The second kappa shape index (κ2) is 11.5. The summed E-state index contributed by atoms with van der Waals surface area (Å²) in [5.74, 6) is -0.429. The number of rotatable bonds is 10. The lowest BCUT2D eigenvalue weighted by atomic mass is 10.1. The number of hydrogen-bond donors (Lipinski definition) is 5. The maximum Gasteiger partial charge on any atom is 0.294 e. The Hall–Kier alpha value is -4.19. The zero-order chi connectivity index (χ0) is 28.2. The van der Waals surface area contributed by atoms with Crippen LogP contribution < -0.4 is 27.7 Å². The van der Waals surface area contributed by atoms with Crippen LogP contribution in [0.5, 0.6) is 0 Å². The third-order valence-corrected chi connectivity index (χ3v) is 7.84. The Morgan fingerprint density at radius 1 is 1.11 bits per heavy atom. The molecule has 1 amide bonds. The Kier molecular flexibility index (Phi) is 8.56. The Bertz CT molecular complexity index is 1510. The highest BCUT2D eigenvalue weighted by Gasteiger charge is 2.22. The van der Waals surface area contributed by atoms with Crippen LogP contribution in [0.1, 0.15) is 38.8 Å². The number of amides is 1. The SMILES string of the molecule is CC(C)Nc1ncc(-c2cc(N)cc(S(=O)(=O)C(C)C)c2)n(CC(=O)NCc2ccc(C(=N)N)cc2)c1=O. The quantitative estimate of drug-likeness (QED) is 0.147. The van der Waals surface area contributed by atoms with Crippen molar-refractivity contribution in [3.8, 4) is 11.3 Å². The van der Waals surface area contributed by atoms with Crippen LogP contribution in [0.2, 0.25) is 0 Å². The maximum absolute atomic E-state index is 13.4. The van der Waals surface area contributed by atoms with E-state index in [1.165, 1.54) is 29.0 Å². The van der Waals surface area contributed by atoms with E-state index in [9.17, 15) is 18.0 Å². The summed E-state index contributed by atoms with van der Waals surface area (Å²) in [6.07, 6.45) is 1.42. The average molecular weight is 540 g/mol. The molecule has 202 valence electrons. The molecule has 0 atom stereocenters. The van der Waals surface area contributed by atoms with Crippen molar-refractivity contribution < 1.29 is 13.2 Å². The number of anilines is 2. The summed E-state index contributed by atoms with van der Waals surface area (Å²) in [7, 11) is -3.65. The molecule has 0 unspecified atom stereocenters. The van der Waals surface area contributed by atoms with Gasteiger partial charge >= 0.3 is 0 Å². The minimum atomic E-state index is -3.65. The zero-order valence-electron chi connectivity index (χ0n) is 21.8. The van der Waals surface area contributed by atoms with Gasteiger partial charge in [-0.15, -0.1) is 0 Å². The number of nitrogens with zero attached hydrogens (tertiary/aromatic N) is 2. The summed E-state index contributed by atoms with van der Waals surface area (Å²) in [5, 5.41) is 12.6. The minimum absolute atomic E-state index is 0.0179. The number of hydrogen-bond acceptors (Lipinski definition) is 8. The smallest absolute Gasteiger partial charge is 0.294 e. The molecule has 0 aliphatic heterocycles. The van der Waals surface area contributed by atoms with Gasteiger partial charge in [0.05, 0.1) is 22.0 Å². The van der Waals surface area contributed by atoms with E-state index in [4.69, 9.17) is 16.9 Å². The maximum atomic E-state index is 13.4. The highest BCUT2D eigenvalue weighted by molar-refractivity contribution is 7.92. The standard InChI is InChI=1S/C26H33N7O4S/c1-15(2)32-25-26(35)33(14-23(34)30-12-17-5-7-18(8-6-17)24(28)29)22(13-31-25)19-9-20(27)11-21(10-19)38(36,37)16(3)4/h5-11,13,15-16H,12,14,27H2,1-4H3,(H3,28,29)(H,30,34)(H,31,32). The lowest BCUT2D eigenvalue weighted by molar-refractivity contribution is -0.121. The third-order valence-electron chi connectivity index (χ3n) is 5.71. The normalized spacial score (nSPS) is 11.5. The monoisotopic (exact) mass is 539 g/mol. The van der Waals surface area contributed by atoms with E-state index < -0.39 is 26.6 Å². The van der Waals surface area contributed by atoms with Gasteiger partial charge in [0.15, 0.2) is 15.7 Å². The van der Waals surface area contributed by atoms with E-state index >= 15 is 0 Å². The van der Waals surface area contributed by atoms with Crippen LogP contribution in [-0.2, 0) is 27.7 Å². The first-order chi connectivity index (χ1) is 17.8. The fourth-order valence-corrected chi connectivity index (χ4v) is 4.79. The number of nitrogens with two attached hydrogens (primary N) is 2. The van der Waals surface area contributed by atoms with Crippen molar-refractivity contribution in [2.24, 2.45) is 5.73 Å². The second-order valence-electron chi connectivity index (χ2n) is 9.45. The summed E-state index contributed by atoms with van der Waals surface area (Å²) >= 11 is 0. The molecule has 3 rings (SSSR count). The molecule has 1 heterocycles. The number of nitrogens with one attached hydrogen (secondary N) is 3. The number of nitrogen functional groups attached to an aromatic ring is 2. The van der Waals surface area contributed by atoms with E-state index in [2.05, 4.69) is 15.6 Å². The van der Waals surface area contributed by atoms with E-state index in [0.717, 1.165) is 5.56 Å². The molecule has 0 radical (unpaired) electrons. The molecule has 38 heavy (non-hydrogen) atoms. The van der Waals surface area contributed by atoms with Crippen LogP contribution >= 0.6 is 0 Å². The van der Waals surface area contributed by atoms with Gasteiger partial charge in [0.25, 0.3) is 5.56 Å². The van der Waals surface area contributed by atoms with E-state index in [1.807, 2.05) is 13.8 Å². The van der Waals surface area contributed by atoms with Crippen molar-refractivity contribution in [1.29, 1.82) is 5.41 Å². The number of benzene rings is 2. The van der Waals surface area contributed by atoms with Crippen LogP contribution in [-0.4, -0.2) is 41.0 Å². The fourth-order valence-electron chi connectivity index (χ4n) is 3.66. The molecule has 0 aliphatic carbocycles. The first-order valence-electron chi connectivity index (χ1n) is 12.0. The van der Waals surface area contributed by atoms with Gasteiger partial charge in [-0.05, 0) is 51.5 Å². The van der Waals surface area contributed by atoms with Crippen molar-refractivity contribution >= 4 is 33.1 Å². The molecule has 3 aromatic rings. The molecule has 2 aromatic carbocycles. The van der Waals surface area contributed by atoms with Crippen LogP contribution in [0, 0.1) is 5.41 Å². The number of aromatic nitrogens is 2. The van der Waals surface area contributed by atoms with Gasteiger partial charge in [-0.3, -0.25) is 19.6 Å². The summed E-state index contributed by atoms with van der Waals surface area (Å²) in [4.78, 5) is 30.5. The summed E-state index contributed by atoms with van der Waals surface area (Å²) in [6.45, 7) is 6.70. The topological polar surface area (TPSA) is 186 Å². The van der Waals surface area contributed by atoms with Gasteiger partial charge < -0.3 is 22.1 Å². The largest absolute Gasteiger partial charge is 0.399 e. The van der Waals surface area contributed by atoms with Crippen LogP contribution in [0.25, 0.3) is 11.3 Å². The third kappa shape index (κ3) is 6.57. The van der Waals surface area contributed by atoms with Crippen molar-refractivity contribution in [3.05, 3.63) is 70.1 Å². The molecule has 0 spiro atoms. The molecule has 0 bridgehead atoms. The first kappa shape index (κ1) is 28.4. The minimum Gasteiger partial charge on any atom is -0.399 e. The Labute approximate surface area is 221 Å². The van der Waals surface area contributed by atoms with E-state index in [0.29, 0.717) is 11.1 Å². The summed E-state index contributed by atoms with van der Waals surface area (Å²) in [5.41, 5.74) is 13.1. The van der Waals surface area contributed by atoms with Gasteiger partial charge in [0.2, 0.25) is 5.91 Å². The number of sulfone groups is 1. The Morgan fingerprint density at radius 2 is 1.76 bits per heavy atom. The van der Waals surface area contributed by atoms with Crippen LogP contribution in [0.3, 0.4) is 0 Å². The molecule has 11 nitrogen and oxygen atoms in total. The molecular formula is C26H33N7O4S. The van der Waals surface area contributed by atoms with Crippen molar-refractivity contribution in [2.45, 2.75) is 57.0 Å². The van der Waals surface area contributed by atoms with Gasteiger partial charge in [-0.1, -0.05) is 24.3 Å². The summed E-state index contributed by atoms with van der Waals surface area (Å²) in [6, 6.07) is 11.1. The van der Waals surface area contributed by atoms with Gasteiger partial charge in [-0.25, -0.2) is 13.4 Å². The predicted octanol–water partition coefficient (Wildman–Crippen LogP) is 2.10. The number of amidine groups is 1.